The molecule has 0 unspecified atom stereocenters. The number of nitrogen functional groups attached to an aromatic ring is 1. The fourth-order valence-corrected chi connectivity index (χ4v) is 1.92. The minimum atomic E-state index is -5.08. The molecule has 8 heteroatoms. The summed E-state index contributed by atoms with van der Waals surface area (Å²) in [5.41, 5.74) is 10.7. The van der Waals surface area contributed by atoms with Crippen LogP contribution in [0, 0.1) is 0 Å². The Bertz CT molecular complexity index is 829. The number of aromatic amines is 1. The maximum absolute atomic E-state index is 10.6. The molecule has 2 heterocycles. The van der Waals surface area contributed by atoms with Crippen LogP contribution in [0.4, 0.5) is 18.9 Å². The van der Waals surface area contributed by atoms with Gasteiger partial charge in [-0.15, -0.1) is 0 Å². The molecule has 0 amide bonds. The molecule has 0 atom stereocenters. The molecule has 3 aromatic rings. The van der Waals surface area contributed by atoms with E-state index in [1.54, 1.807) is 0 Å². The van der Waals surface area contributed by atoms with Crippen molar-refractivity contribution in [1.82, 2.24) is 9.97 Å². The number of carboxylic acid groups (broad SMARTS) is 1. The maximum atomic E-state index is 10.6. The van der Waals surface area contributed by atoms with Crippen LogP contribution in [-0.2, 0) is 4.79 Å². The molecule has 0 saturated carbocycles. The maximum Gasteiger partial charge on any atom is 0.490 e. The van der Waals surface area contributed by atoms with Gasteiger partial charge in [-0.1, -0.05) is 12.1 Å². The van der Waals surface area contributed by atoms with Gasteiger partial charge >= 0.3 is 12.1 Å². The molecule has 130 valence electrons. The Kier molecular flexibility index (Phi) is 5.43. The van der Waals surface area contributed by atoms with Crippen molar-refractivity contribution in [3.8, 4) is 22.5 Å². The van der Waals surface area contributed by atoms with Crippen molar-refractivity contribution >= 4 is 11.7 Å². The van der Waals surface area contributed by atoms with Crippen LogP contribution in [0.3, 0.4) is 0 Å². The zero-order valence-corrected chi connectivity index (χ0v) is 12.8. The normalized spacial score (nSPS) is 10.7. The van der Waals surface area contributed by atoms with Crippen LogP contribution < -0.4 is 5.73 Å². The van der Waals surface area contributed by atoms with Crippen LogP contribution >= 0.6 is 0 Å². The summed E-state index contributed by atoms with van der Waals surface area (Å²) < 4.78 is 31.7. The second kappa shape index (κ2) is 7.52. The number of rotatable bonds is 2. The van der Waals surface area contributed by atoms with Crippen molar-refractivity contribution in [2.75, 3.05) is 5.73 Å². The van der Waals surface area contributed by atoms with Gasteiger partial charge < -0.3 is 15.8 Å². The summed E-state index contributed by atoms with van der Waals surface area (Å²) in [5.74, 6) is -2.76. The van der Waals surface area contributed by atoms with Gasteiger partial charge in [0.05, 0.1) is 11.4 Å². The van der Waals surface area contributed by atoms with E-state index >= 15 is 0 Å². The predicted molar refractivity (Wildman–Crippen MR) is 87.6 cm³/mol. The van der Waals surface area contributed by atoms with Crippen molar-refractivity contribution in [1.29, 1.82) is 0 Å². The number of nitrogens with two attached hydrogens (primary N) is 1. The van der Waals surface area contributed by atoms with Crippen LogP contribution in [-0.4, -0.2) is 27.2 Å². The smallest absolute Gasteiger partial charge is 0.475 e. The van der Waals surface area contributed by atoms with E-state index in [1.807, 2.05) is 54.9 Å². The number of nitrogens with zero attached hydrogens (tertiary/aromatic N) is 1. The van der Waals surface area contributed by atoms with Crippen molar-refractivity contribution in [2.45, 2.75) is 6.18 Å². The standard InChI is InChI=1S/C15H13N3.C2HF3O2/c16-13-5-3-11(4-6-13)12-7-9-18-15(10-12)14-2-1-8-17-14;3-2(4,5)1(6)7/h1-10,17H,16H2;(H,6,7). The summed E-state index contributed by atoms with van der Waals surface area (Å²) in [6.07, 6.45) is -1.37. The third-order valence-corrected chi connectivity index (χ3v) is 3.12. The molecule has 0 saturated heterocycles. The number of alkyl halides is 3. The lowest BCUT2D eigenvalue weighted by Crippen LogP contribution is -2.21. The quantitative estimate of drug-likeness (QED) is 0.611. The van der Waals surface area contributed by atoms with Gasteiger partial charge in [0.2, 0.25) is 0 Å². The highest BCUT2D eigenvalue weighted by Crippen LogP contribution is 2.24. The van der Waals surface area contributed by atoms with Crippen molar-refractivity contribution in [3.05, 3.63) is 60.9 Å². The molecule has 25 heavy (non-hydrogen) atoms. The molecule has 0 aliphatic carbocycles. The average Bonchev–Trinajstić information content (AvgIpc) is 3.10. The summed E-state index contributed by atoms with van der Waals surface area (Å²) in [7, 11) is 0. The second-order valence-electron chi connectivity index (χ2n) is 4.94. The number of carbonyl (C=O) groups is 1. The van der Waals surface area contributed by atoms with Crippen LogP contribution in [0.15, 0.2) is 60.9 Å². The Morgan fingerprint density at radius 2 is 1.72 bits per heavy atom. The molecule has 4 N–H and O–H groups in total. The first-order valence-electron chi connectivity index (χ1n) is 7.03. The second-order valence-corrected chi connectivity index (χ2v) is 4.94. The van der Waals surface area contributed by atoms with Crippen LogP contribution in [0.1, 0.15) is 0 Å². The SMILES string of the molecule is Nc1ccc(-c2ccnc(-c3ccc[nH]3)c2)cc1.O=C(O)C(F)(F)F. The zero-order valence-electron chi connectivity index (χ0n) is 12.8. The Morgan fingerprint density at radius 3 is 2.24 bits per heavy atom. The van der Waals surface area contributed by atoms with Gasteiger partial charge in [-0.25, -0.2) is 4.79 Å². The molecule has 0 fully saturated rings. The van der Waals surface area contributed by atoms with Gasteiger partial charge in [0.25, 0.3) is 0 Å². The van der Waals surface area contributed by atoms with Crippen molar-refractivity contribution < 1.29 is 23.1 Å². The first-order valence-corrected chi connectivity index (χ1v) is 7.03. The number of aromatic nitrogens is 2. The lowest BCUT2D eigenvalue weighted by Gasteiger charge is -2.04. The summed E-state index contributed by atoms with van der Waals surface area (Å²) in [6.45, 7) is 0. The highest BCUT2D eigenvalue weighted by molar-refractivity contribution is 5.73. The van der Waals surface area contributed by atoms with E-state index in [1.165, 1.54) is 0 Å². The Morgan fingerprint density at radius 1 is 1.08 bits per heavy atom. The Balaban J connectivity index is 0.000000277. The van der Waals surface area contributed by atoms with Gasteiger partial charge in [0.1, 0.15) is 0 Å². The molecule has 0 aliphatic heterocycles. The van der Waals surface area contributed by atoms with E-state index in [9.17, 15) is 13.2 Å². The monoisotopic (exact) mass is 349 g/mol. The number of hydrogen-bond donors (Lipinski definition) is 3. The number of pyridine rings is 1. The largest absolute Gasteiger partial charge is 0.490 e. The highest BCUT2D eigenvalue weighted by Gasteiger charge is 2.38. The van der Waals surface area contributed by atoms with Crippen LogP contribution in [0.25, 0.3) is 22.5 Å². The predicted octanol–water partition coefficient (Wildman–Crippen LogP) is 3.96. The fourth-order valence-electron chi connectivity index (χ4n) is 1.92. The van der Waals surface area contributed by atoms with Gasteiger partial charge in [0.15, 0.2) is 0 Å². The van der Waals surface area contributed by atoms with Crippen molar-refractivity contribution in [2.24, 2.45) is 0 Å². The van der Waals surface area contributed by atoms with Gasteiger partial charge in [-0.2, -0.15) is 13.2 Å². The summed E-state index contributed by atoms with van der Waals surface area (Å²) in [6, 6.07) is 15.9. The molecule has 0 radical (unpaired) electrons. The van der Waals surface area contributed by atoms with Crippen molar-refractivity contribution in [3.63, 3.8) is 0 Å². The molecule has 0 bridgehead atoms. The Labute approximate surface area is 141 Å². The number of anilines is 1. The highest BCUT2D eigenvalue weighted by atomic mass is 19.4. The third-order valence-electron chi connectivity index (χ3n) is 3.12. The van der Waals surface area contributed by atoms with Crippen LogP contribution in [0.5, 0.6) is 0 Å². The summed E-state index contributed by atoms with van der Waals surface area (Å²) >= 11 is 0. The van der Waals surface area contributed by atoms with E-state index in [0.717, 1.165) is 28.2 Å². The number of aliphatic carboxylic acids is 1. The number of halogens is 3. The average molecular weight is 349 g/mol. The van der Waals surface area contributed by atoms with Gasteiger partial charge in [-0.05, 0) is 47.5 Å². The molecule has 3 rings (SSSR count). The van der Waals surface area contributed by atoms with Gasteiger partial charge in [0, 0.05) is 18.1 Å². The Hall–Kier alpha value is -3.29. The lowest BCUT2D eigenvalue weighted by atomic mass is 10.1. The molecule has 0 spiro atoms. The van der Waals surface area contributed by atoms with E-state index < -0.39 is 12.1 Å². The molecule has 2 aromatic heterocycles. The minimum Gasteiger partial charge on any atom is -0.475 e. The van der Waals surface area contributed by atoms with Crippen LogP contribution in [0.2, 0.25) is 0 Å². The van der Waals surface area contributed by atoms with E-state index in [0.29, 0.717) is 0 Å². The molecular formula is C17H14F3N3O2. The van der Waals surface area contributed by atoms with Gasteiger partial charge in [-0.3, -0.25) is 4.98 Å². The summed E-state index contributed by atoms with van der Waals surface area (Å²) in [5, 5.41) is 7.12. The molecule has 0 aliphatic rings. The lowest BCUT2D eigenvalue weighted by molar-refractivity contribution is -0.192. The summed E-state index contributed by atoms with van der Waals surface area (Å²) in [4.78, 5) is 16.4. The third kappa shape index (κ3) is 5.10. The zero-order chi connectivity index (χ0) is 18.4. The van der Waals surface area contributed by atoms with E-state index in [-0.39, 0.29) is 0 Å². The number of benzene rings is 1. The number of nitrogens with one attached hydrogen (secondary N) is 1. The van der Waals surface area contributed by atoms with E-state index in [4.69, 9.17) is 15.6 Å². The molecule has 5 nitrogen and oxygen atoms in total. The number of carboxylic acids is 1. The first-order chi connectivity index (χ1) is 11.8. The fraction of sp³-hybridized carbons (Fsp3) is 0.0588. The van der Waals surface area contributed by atoms with E-state index in [2.05, 4.69) is 16.0 Å². The number of H-pyrrole nitrogens is 1. The molecule has 1 aromatic carbocycles. The number of hydrogen-bond acceptors (Lipinski definition) is 3. The topological polar surface area (TPSA) is 92.0 Å². The molecular weight excluding hydrogens is 335 g/mol. The first kappa shape index (κ1) is 18.1. The minimum absolute atomic E-state index is 0.775.